The van der Waals surface area contributed by atoms with E-state index in [0.717, 1.165) is 34.7 Å². The maximum Gasteiger partial charge on any atom is 0.252 e. The predicted octanol–water partition coefficient (Wildman–Crippen LogP) is 5.26. The first-order chi connectivity index (χ1) is 17.1. The molecule has 10 heteroatoms. The Labute approximate surface area is 216 Å². The SMILES string of the molecule is CS(=O)(=O)N(Cc1cc(Br)ccn1)c1cc2oc(Cc3ccc(F)cc3)c(C(N)=O)c2cc1C1CC1. The second-order valence-electron chi connectivity index (χ2n) is 8.98. The van der Waals surface area contributed by atoms with Crippen LogP contribution in [0.3, 0.4) is 0 Å². The molecule has 186 valence electrons. The van der Waals surface area contributed by atoms with Gasteiger partial charge < -0.3 is 10.2 Å². The summed E-state index contributed by atoms with van der Waals surface area (Å²) in [6, 6.07) is 12.9. The number of nitrogens with zero attached hydrogens (tertiary/aromatic N) is 2. The van der Waals surface area contributed by atoms with Crippen molar-refractivity contribution in [3.8, 4) is 0 Å². The topological polar surface area (TPSA) is 106 Å². The third-order valence-electron chi connectivity index (χ3n) is 6.20. The van der Waals surface area contributed by atoms with Gasteiger partial charge in [0.05, 0.1) is 29.7 Å². The second-order valence-corrected chi connectivity index (χ2v) is 11.8. The van der Waals surface area contributed by atoms with Crippen molar-refractivity contribution in [2.45, 2.75) is 31.7 Å². The number of aromatic nitrogens is 1. The summed E-state index contributed by atoms with van der Waals surface area (Å²) in [6.45, 7) is 0.0370. The first-order valence-electron chi connectivity index (χ1n) is 11.3. The molecule has 0 bridgehead atoms. The molecule has 0 atom stereocenters. The number of carbonyl (C=O) groups excluding carboxylic acids is 1. The van der Waals surface area contributed by atoms with E-state index in [4.69, 9.17) is 10.2 Å². The number of halogens is 2. The summed E-state index contributed by atoms with van der Waals surface area (Å²) in [5, 5.41) is 0.541. The van der Waals surface area contributed by atoms with E-state index in [0.29, 0.717) is 28.1 Å². The molecule has 2 aromatic carbocycles. The normalized spacial score (nSPS) is 13.8. The lowest BCUT2D eigenvalue weighted by Gasteiger charge is -2.25. The number of furan rings is 1. The number of benzene rings is 2. The molecule has 5 rings (SSSR count). The van der Waals surface area contributed by atoms with E-state index >= 15 is 0 Å². The molecule has 0 aliphatic heterocycles. The first kappa shape index (κ1) is 24.5. The van der Waals surface area contributed by atoms with Crippen LogP contribution in [0.1, 0.15) is 51.7 Å². The van der Waals surface area contributed by atoms with Gasteiger partial charge in [0, 0.05) is 28.5 Å². The third kappa shape index (κ3) is 5.01. The number of anilines is 1. The number of fused-ring (bicyclic) bond motifs is 1. The minimum absolute atomic E-state index is 0.0370. The van der Waals surface area contributed by atoms with Crippen molar-refractivity contribution in [1.82, 2.24) is 4.98 Å². The summed E-state index contributed by atoms with van der Waals surface area (Å²) in [7, 11) is -3.69. The van der Waals surface area contributed by atoms with Crippen LogP contribution in [0.4, 0.5) is 10.1 Å². The minimum atomic E-state index is -3.69. The van der Waals surface area contributed by atoms with Gasteiger partial charge in [-0.2, -0.15) is 0 Å². The third-order valence-corrected chi connectivity index (χ3v) is 7.82. The molecule has 4 aromatic rings. The number of nitrogens with two attached hydrogens (primary N) is 1. The second kappa shape index (κ2) is 9.33. The Kier molecular flexibility index (Phi) is 6.34. The molecule has 1 aliphatic carbocycles. The smallest absolute Gasteiger partial charge is 0.252 e. The molecule has 0 unspecified atom stereocenters. The number of pyridine rings is 1. The molecule has 2 aromatic heterocycles. The van der Waals surface area contributed by atoms with Crippen LogP contribution in [0.15, 0.2) is 63.6 Å². The Bertz CT molecular complexity index is 1580. The Morgan fingerprint density at radius 3 is 2.53 bits per heavy atom. The van der Waals surface area contributed by atoms with E-state index in [1.807, 2.05) is 6.07 Å². The van der Waals surface area contributed by atoms with Gasteiger partial charge in [0.15, 0.2) is 0 Å². The van der Waals surface area contributed by atoms with Crippen molar-refractivity contribution in [3.63, 3.8) is 0 Å². The maximum absolute atomic E-state index is 13.4. The Morgan fingerprint density at radius 2 is 1.92 bits per heavy atom. The fourth-order valence-electron chi connectivity index (χ4n) is 4.38. The van der Waals surface area contributed by atoms with Crippen LogP contribution < -0.4 is 10.0 Å². The van der Waals surface area contributed by atoms with Crippen LogP contribution >= 0.6 is 15.9 Å². The van der Waals surface area contributed by atoms with Gasteiger partial charge in [-0.15, -0.1) is 0 Å². The van der Waals surface area contributed by atoms with E-state index in [1.165, 1.54) is 16.4 Å². The van der Waals surface area contributed by atoms with E-state index in [2.05, 4.69) is 20.9 Å². The van der Waals surface area contributed by atoms with Crippen LogP contribution in [0.2, 0.25) is 0 Å². The summed E-state index contributed by atoms with van der Waals surface area (Å²) in [6.07, 6.45) is 4.83. The van der Waals surface area contributed by atoms with Crippen LogP contribution in [-0.4, -0.2) is 25.6 Å². The monoisotopic (exact) mass is 571 g/mol. The van der Waals surface area contributed by atoms with Crippen LogP contribution in [0, 0.1) is 5.82 Å². The lowest BCUT2D eigenvalue weighted by molar-refractivity contribution is 0.1000. The summed E-state index contributed by atoms with van der Waals surface area (Å²) in [5.74, 6) is -0.487. The number of amides is 1. The van der Waals surface area contributed by atoms with Gasteiger partial charge in [-0.05, 0) is 60.2 Å². The Morgan fingerprint density at radius 1 is 1.19 bits per heavy atom. The van der Waals surface area contributed by atoms with Crippen molar-refractivity contribution in [2.75, 3.05) is 10.6 Å². The van der Waals surface area contributed by atoms with Crippen LogP contribution in [-0.2, 0) is 23.0 Å². The van der Waals surface area contributed by atoms with Gasteiger partial charge in [-0.25, -0.2) is 12.8 Å². The van der Waals surface area contributed by atoms with Crippen molar-refractivity contribution >= 4 is 48.5 Å². The average Bonchev–Trinajstić information content (AvgIpc) is 3.58. The molecular weight excluding hydrogens is 549 g/mol. The molecule has 1 saturated carbocycles. The van der Waals surface area contributed by atoms with Gasteiger partial charge in [0.2, 0.25) is 10.0 Å². The molecule has 2 heterocycles. The summed E-state index contributed by atoms with van der Waals surface area (Å²) in [5.41, 5.74) is 9.00. The molecule has 0 saturated heterocycles. The molecule has 1 amide bonds. The highest BCUT2D eigenvalue weighted by Crippen LogP contribution is 2.47. The summed E-state index contributed by atoms with van der Waals surface area (Å²) in [4.78, 5) is 16.8. The van der Waals surface area contributed by atoms with E-state index < -0.39 is 15.9 Å². The fourth-order valence-corrected chi connectivity index (χ4v) is 5.65. The molecule has 36 heavy (non-hydrogen) atoms. The van der Waals surface area contributed by atoms with Gasteiger partial charge in [0.25, 0.3) is 5.91 Å². The van der Waals surface area contributed by atoms with Crippen molar-refractivity contribution < 1.29 is 22.0 Å². The zero-order valence-electron chi connectivity index (χ0n) is 19.4. The average molecular weight is 572 g/mol. The zero-order chi connectivity index (χ0) is 25.6. The molecule has 1 fully saturated rings. The lowest BCUT2D eigenvalue weighted by atomic mass is 10.0. The Hall–Kier alpha value is -3.24. The van der Waals surface area contributed by atoms with E-state index in [9.17, 15) is 17.6 Å². The van der Waals surface area contributed by atoms with Gasteiger partial charge >= 0.3 is 0 Å². The van der Waals surface area contributed by atoms with Gasteiger partial charge in [0.1, 0.15) is 17.2 Å². The highest BCUT2D eigenvalue weighted by Gasteiger charge is 2.33. The molecule has 0 radical (unpaired) electrons. The highest BCUT2D eigenvalue weighted by molar-refractivity contribution is 9.10. The molecule has 0 spiro atoms. The number of hydrogen-bond acceptors (Lipinski definition) is 5. The van der Waals surface area contributed by atoms with Crippen LogP contribution in [0.5, 0.6) is 0 Å². The quantitative estimate of drug-likeness (QED) is 0.310. The number of sulfonamides is 1. The maximum atomic E-state index is 13.4. The first-order valence-corrected chi connectivity index (χ1v) is 14.0. The van der Waals surface area contributed by atoms with E-state index in [-0.39, 0.29) is 30.3 Å². The Balaban J connectivity index is 1.66. The predicted molar refractivity (Wildman–Crippen MR) is 139 cm³/mol. The van der Waals surface area contributed by atoms with Gasteiger partial charge in [-0.1, -0.05) is 28.1 Å². The molecule has 7 nitrogen and oxygen atoms in total. The largest absolute Gasteiger partial charge is 0.460 e. The van der Waals surface area contributed by atoms with Crippen LogP contribution in [0.25, 0.3) is 11.0 Å². The number of primary amides is 1. The molecule has 1 aliphatic rings. The van der Waals surface area contributed by atoms with Crippen molar-refractivity contribution in [3.05, 3.63) is 93.2 Å². The number of hydrogen-bond donors (Lipinski definition) is 1. The minimum Gasteiger partial charge on any atom is -0.460 e. The standard InChI is InChI=1S/C26H23BrFN3O4S/c1-36(33,34)31(14-19-11-17(27)8-9-30-19)22-13-23-21(12-20(22)16-4-5-16)25(26(29)32)24(35-23)10-15-2-6-18(28)7-3-15/h2-3,6-9,11-13,16H,4-5,10,14H2,1H3,(H2,29,32). The van der Waals surface area contributed by atoms with Gasteiger partial charge in [-0.3, -0.25) is 14.1 Å². The highest BCUT2D eigenvalue weighted by atomic mass is 79.9. The van der Waals surface area contributed by atoms with Crippen molar-refractivity contribution in [1.29, 1.82) is 0 Å². The number of rotatable bonds is 8. The number of carbonyl (C=O) groups is 1. The zero-order valence-corrected chi connectivity index (χ0v) is 21.8. The molecule has 2 N–H and O–H groups in total. The fraction of sp³-hybridized carbons (Fsp3) is 0.231. The summed E-state index contributed by atoms with van der Waals surface area (Å²) < 4.78 is 47.5. The van der Waals surface area contributed by atoms with Crippen molar-refractivity contribution in [2.24, 2.45) is 5.73 Å². The molecular formula is C26H23BrFN3O4S. The lowest BCUT2D eigenvalue weighted by Crippen LogP contribution is -2.30. The summed E-state index contributed by atoms with van der Waals surface area (Å²) >= 11 is 3.41. The van der Waals surface area contributed by atoms with E-state index in [1.54, 1.807) is 36.5 Å².